The van der Waals surface area contributed by atoms with Gasteiger partial charge in [0.15, 0.2) is 17.3 Å². The van der Waals surface area contributed by atoms with Gasteiger partial charge >= 0.3 is 0 Å². The van der Waals surface area contributed by atoms with Gasteiger partial charge in [0.1, 0.15) is 0 Å². The summed E-state index contributed by atoms with van der Waals surface area (Å²) in [6.07, 6.45) is 1.04. The van der Waals surface area contributed by atoms with Crippen molar-refractivity contribution in [3.63, 3.8) is 0 Å². The van der Waals surface area contributed by atoms with Crippen LogP contribution in [-0.4, -0.2) is 27.1 Å². The van der Waals surface area contributed by atoms with Crippen molar-refractivity contribution >= 4 is 28.8 Å². The largest absolute Gasteiger partial charge is 0.493 e. The first-order valence-electron chi connectivity index (χ1n) is 11.5. The molecule has 2 aliphatic rings. The van der Waals surface area contributed by atoms with Gasteiger partial charge in [0.05, 0.1) is 38.7 Å². The fourth-order valence-electron chi connectivity index (χ4n) is 4.97. The minimum atomic E-state index is -0.285. The first kappa shape index (κ1) is 23.1. The number of carbonyl (C=O) groups is 1. The zero-order valence-electron chi connectivity index (χ0n) is 19.9. The highest BCUT2D eigenvalue weighted by Gasteiger charge is 2.36. The molecule has 0 aromatic heterocycles. The van der Waals surface area contributed by atoms with Crippen LogP contribution in [0.25, 0.3) is 0 Å². The van der Waals surface area contributed by atoms with E-state index in [0.29, 0.717) is 35.1 Å². The highest BCUT2D eigenvalue weighted by atomic mass is 35.5. The number of ketones is 1. The fraction of sp³-hybridized carbons (Fsp3) is 0.250. The van der Waals surface area contributed by atoms with Crippen molar-refractivity contribution in [2.24, 2.45) is 0 Å². The number of nitrogens with one attached hydrogen (secondary N) is 2. The van der Waals surface area contributed by atoms with Gasteiger partial charge in [0, 0.05) is 22.7 Å². The minimum Gasteiger partial charge on any atom is -0.493 e. The molecule has 3 aromatic carbocycles. The molecule has 2 atom stereocenters. The van der Waals surface area contributed by atoms with Crippen LogP contribution < -0.4 is 24.8 Å². The number of ether oxygens (including phenoxy) is 3. The van der Waals surface area contributed by atoms with Crippen molar-refractivity contribution in [1.29, 1.82) is 0 Å². The smallest absolute Gasteiger partial charge is 0.203 e. The van der Waals surface area contributed by atoms with Crippen LogP contribution in [0.2, 0.25) is 5.02 Å². The van der Waals surface area contributed by atoms with E-state index in [4.69, 9.17) is 25.8 Å². The molecule has 3 aromatic rings. The molecule has 1 aliphatic heterocycles. The molecule has 2 N–H and O–H groups in total. The van der Waals surface area contributed by atoms with Crippen LogP contribution in [-0.2, 0) is 4.79 Å². The summed E-state index contributed by atoms with van der Waals surface area (Å²) >= 11 is 6.15. The van der Waals surface area contributed by atoms with E-state index in [1.807, 2.05) is 60.7 Å². The Morgan fingerprint density at radius 1 is 0.829 bits per heavy atom. The number of methoxy groups -OCH3 is 3. The van der Waals surface area contributed by atoms with Crippen LogP contribution in [0, 0.1) is 0 Å². The summed E-state index contributed by atoms with van der Waals surface area (Å²) in [4.78, 5) is 13.7. The molecule has 0 bridgehead atoms. The summed E-state index contributed by atoms with van der Waals surface area (Å²) in [5, 5.41) is 7.82. The van der Waals surface area contributed by atoms with Gasteiger partial charge in [-0.05, 0) is 59.9 Å². The molecule has 5 rings (SSSR count). The summed E-state index contributed by atoms with van der Waals surface area (Å²) in [7, 11) is 4.78. The van der Waals surface area contributed by atoms with E-state index < -0.39 is 0 Å². The second-order valence-electron chi connectivity index (χ2n) is 8.68. The Bertz CT molecular complexity index is 1280. The van der Waals surface area contributed by atoms with Crippen LogP contribution in [0.1, 0.15) is 35.9 Å². The molecular formula is C28H27ClN2O4. The van der Waals surface area contributed by atoms with Crippen LogP contribution in [0.15, 0.2) is 71.9 Å². The molecule has 7 heteroatoms. The van der Waals surface area contributed by atoms with Crippen LogP contribution >= 0.6 is 11.6 Å². The quantitative estimate of drug-likeness (QED) is 0.434. The predicted molar refractivity (Wildman–Crippen MR) is 138 cm³/mol. The Labute approximate surface area is 209 Å². The summed E-state index contributed by atoms with van der Waals surface area (Å²) in [6.45, 7) is 0. The van der Waals surface area contributed by atoms with Gasteiger partial charge in [-0.25, -0.2) is 0 Å². The van der Waals surface area contributed by atoms with Crippen molar-refractivity contribution in [2.45, 2.75) is 24.8 Å². The summed E-state index contributed by atoms with van der Waals surface area (Å²) in [6, 6.07) is 19.2. The molecular weight excluding hydrogens is 464 g/mol. The number of rotatable bonds is 5. The van der Waals surface area contributed by atoms with Gasteiger partial charge in [-0.15, -0.1) is 0 Å². The number of allylic oxidation sites excluding steroid dienone is 1. The molecule has 1 heterocycles. The molecule has 0 radical (unpaired) electrons. The fourth-order valence-corrected chi connectivity index (χ4v) is 5.10. The Morgan fingerprint density at radius 3 is 2.11 bits per heavy atom. The molecule has 6 nitrogen and oxygen atoms in total. The molecule has 35 heavy (non-hydrogen) atoms. The average Bonchev–Trinajstić information content (AvgIpc) is 3.05. The third-order valence-corrected chi connectivity index (χ3v) is 6.92. The van der Waals surface area contributed by atoms with E-state index in [1.54, 1.807) is 21.3 Å². The topological polar surface area (TPSA) is 68.8 Å². The number of carbonyl (C=O) groups excluding carboxylic acids is 1. The molecule has 1 aliphatic carbocycles. The zero-order chi connectivity index (χ0) is 24.5. The first-order valence-corrected chi connectivity index (χ1v) is 11.8. The average molecular weight is 491 g/mol. The maximum absolute atomic E-state index is 13.7. The molecule has 180 valence electrons. The van der Waals surface area contributed by atoms with Gasteiger partial charge in [-0.3, -0.25) is 4.79 Å². The highest BCUT2D eigenvalue weighted by molar-refractivity contribution is 6.30. The van der Waals surface area contributed by atoms with Gasteiger partial charge in [0.25, 0.3) is 0 Å². The van der Waals surface area contributed by atoms with Crippen molar-refractivity contribution in [3.05, 3.63) is 88.1 Å². The van der Waals surface area contributed by atoms with E-state index in [-0.39, 0.29) is 17.7 Å². The number of Topliss-reactive ketones (excluding diaryl/α,β-unsaturated/α-hetero) is 1. The van der Waals surface area contributed by atoms with E-state index in [2.05, 4.69) is 10.6 Å². The van der Waals surface area contributed by atoms with E-state index in [1.165, 1.54) is 0 Å². The van der Waals surface area contributed by atoms with E-state index >= 15 is 0 Å². The van der Waals surface area contributed by atoms with E-state index in [0.717, 1.165) is 33.8 Å². The number of hydrogen-bond donors (Lipinski definition) is 2. The number of anilines is 2. The Balaban J connectivity index is 1.59. The Hall–Kier alpha value is -3.64. The molecule has 0 amide bonds. The van der Waals surface area contributed by atoms with Crippen molar-refractivity contribution in [2.75, 3.05) is 32.0 Å². The lowest BCUT2D eigenvalue weighted by atomic mass is 9.78. The lowest BCUT2D eigenvalue weighted by molar-refractivity contribution is -0.116. The van der Waals surface area contributed by atoms with Crippen molar-refractivity contribution in [3.8, 4) is 17.2 Å². The molecule has 0 fully saturated rings. The number of fused-ring (bicyclic) bond motifs is 1. The van der Waals surface area contributed by atoms with Crippen LogP contribution in [0.4, 0.5) is 11.4 Å². The van der Waals surface area contributed by atoms with Crippen LogP contribution in [0.5, 0.6) is 17.2 Å². The third kappa shape index (κ3) is 4.30. The number of para-hydroxylation sites is 2. The van der Waals surface area contributed by atoms with E-state index in [9.17, 15) is 4.79 Å². The maximum atomic E-state index is 13.7. The Morgan fingerprint density at radius 2 is 1.49 bits per heavy atom. The Kier molecular flexibility index (Phi) is 6.31. The number of hydrogen-bond acceptors (Lipinski definition) is 6. The van der Waals surface area contributed by atoms with Gasteiger partial charge in [0.2, 0.25) is 5.75 Å². The highest BCUT2D eigenvalue weighted by Crippen LogP contribution is 2.47. The normalized spacial score (nSPS) is 19.0. The second-order valence-corrected chi connectivity index (χ2v) is 9.12. The van der Waals surface area contributed by atoms with Gasteiger partial charge < -0.3 is 24.8 Å². The SMILES string of the molecule is COc1cc(C2CC(=O)C3=C(C2)Nc2ccccc2NC3c2ccc(Cl)cc2)cc(OC)c1OC. The number of benzene rings is 3. The molecule has 2 unspecified atom stereocenters. The lowest BCUT2D eigenvalue weighted by Crippen LogP contribution is -2.26. The molecule has 0 spiro atoms. The van der Waals surface area contributed by atoms with Gasteiger partial charge in [-0.1, -0.05) is 35.9 Å². The minimum absolute atomic E-state index is 0.0430. The van der Waals surface area contributed by atoms with Crippen molar-refractivity contribution in [1.82, 2.24) is 0 Å². The predicted octanol–water partition coefficient (Wildman–Crippen LogP) is 6.35. The summed E-state index contributed by atoms with van der Waals surface area (Å²) < 4.78 is 16.6. The monoisotopic (exact) mass is 490 g/mol. The second kappa shape index (κ2) is 9.55. The summed E-state index contributed by atoms with van der Waals surface area (Å²) in [5.74, 6) is 1.74. The van der Waals surface area contributed by atoms with Crippen molar-refractivity contribution < 1.29 is 19.0 Å². The zero-order valence-corrected chi connectivity index (χ0v) is 20.6. The first-order chi connectivity index (χ1) is 17.0. The lowest BCUT2D eigenvalue weighted by Gasteiger charge is -2.30. The standard InChI is InChI=1S/C28H27ClN2O4/c1-33-24-14-18(15-25(34-2)28(24)35-3)17-12-22-26(23(32)13-17)27(16-8-10-19(29)11-9-16)31-21-7-5-4-6-20(21)30-22/h4-11,14-15,17,27,30-31H,12-13H2,1-3H3. The third-order valence-electron chi connectivity index (χ3n) is 6.67. The van der Waals surface area contributed by atoms with Gasteiger partial charge in [-0.2, -0.15) is 0 Å². The maximum Gasteiger partial charge on any atom is 0.203 e. The number of halogens is 1. The molecule has 0 saturated carbocycles. The van der Waals surface area contributed by atoms with Crippen LogP contribution in [0.3, 0.4) is 0 Å². The molecule has 0 saturated heterocycles. The summed E-state index contributed by atoms with van der Waals surface area (Å²) in [5.41, 5.74) is 5.51.